The Hall–Kier alpha value is -4.24. The van der Waals surface area contributed by atoms with Gasteiger partial charge < -0.3 is 4.42 Å². The highest BCUT2D eigenvalue weighted by Gasteiger charge is 2.37. The van der Waals surface area contributed by atoms with Gasteiger partial charge >= 0.3 is 6.03 Å². The molecule has 0 atom stereocenters. The summed E-state index contributed by atoms with van der Waals surface area (Å²) >= 11 is 6.14. The van der Waals surface area contributed by atoms with Crippen LogP contribution in [-0.4, -0.2) is 22.8 Å². The molecule has 33 heavy (non-hydrogen) atoms. The van der Waals surface area contributed by atoms with Gasteiger partial charge in [-0.15, -0.1) is 0 Å². The van der Waals surface area contributed by atoms with Crippen LogP contribution < -0.4 is 10.2 Å². The molecule has 0 aliphatic carbocycles. The average Bonchev–Trinajstić information content (AvgIpc) is 3.25. The van der Waals surface area contributed by atoms with E-state index in [1.165, 1.54) is 30.3 Å². The minimum atomic E-state index is -0.849. The Morgan fingerprint density at radius 2 is 1.82 bits per heavy atom. The van der Waals surface area contributed by atoms with Gasteiger partial charge in [0.05, 0.1) is 15.6 Å². The summed E-state index contributed by atoms with van der Waals surface area (Å²) < 4.78 is 5.68. The number of non-ortho nitro benzene ring substituents is 1. The van der Waals surface area contributed by atoms with Crippen LogP contribution in [0.25, 0.3) is 17.4 Å². The van der Waals surface area contributed by atoms with Gasteiger partial charge in [0.15, 0.2) is 0 Å². The van der Waals surface area contributed by atoms with Crippen LogP contribution in [0.3, 0.4) is 0 Å². The fourth-order valence-electron chi connectivity index (χ4n) is 3.31. The molecule has 1 aromatic heterocycles. The number of hydrogen-bond acceptors (Lipinski definition) is 6. The summed E-state index contributed by atoms with van der Waals surface area (Å²) in [6, 6.07) is 13.0. The van der Waals surface area contributed by atoms with Crippen LogP contribution in [0, 0.1) is 10.1 Å². The molecule has 1 aliphatic rings. The van der Waals surface area contributed by atoms with E-state index in [-0.39, 0.29) is 27.8 Å². The van der Waals surface area contributed by atoms with E-state index in [2.05, 4.69) is 5.32 Å². The van der Waals surface area contributed by atoms with Crippen LogP contribution in [-0.2, 0) is 16.0 Å². The van der Waals surface area contributed by atoms with Crippen LogP contribution in [0.4, 0.5) is 16.2 Å². The molecule has 0 unspecified atom stereocenters. The number of nitro groups is 1. The number of aryl methyl sites for hydroxylation is 1. The highest BCUT2D eigenvalue weighted by atomic mass is 35.5. The molecule has 10 heteroatoms. The minimum absolute atomic E-state index is 0.108. The highest BCUT2D eigenvalue weighted by Crippen LogP contribution is 2.33. The lowest BCUT2D eigenvalue weighted by molar-refractivity contribution is -0.384. The van der Waals surface area contributed by atoms with Crippen LogP contribution >= 0.6 is 11.6 Å². The van der Waals surface area contributed by atoms with E-state index in [0.29, 0.717) is 11.3 Å². The average molecular weight is 466 g/mol. The second-order valence-corrected chi connectivity index (χ2v) is 7.51. The molecule has 1 aliphatic heterocycles. The number of anilines is 1. The van der Waals surface area contributed by atoms with Crippen molar-refractivity contribution in [2.75, 3.05) is 4.90 Å². The molecule has 3 aromatic rings. The first-order chi connectivity index (χ1) is 15.8. The van der Waals surface area contributed by atoms with E-state index >= 15 is 0 Å². The molecule has 4 amide bonds. The smallest absolute Gasteiger partial charge is 0.335 e. The van der Waals surface area contributed by atoms with Gasteiger partial charge in [-0.1, -0.05) is 30.7 Å². The molecule has 2 heterocycles. The largest absolute Gasteiger partial charge is 0.457 e. The lowest BCUT2D eigenvalue weighted by Crippen LogP contribution is -2.54. The first-order valence-electron chi connectivity index (χ1n) is 9.83. The number of carbonyl (C=O) groups is 3. The summed E-state index contributed by atoms with van der Waals surface area (Å²) in [6.45, 7) is 1.98. The van der Waals surface area contributed by atoms with Gasteiger partial charge in [0, 0.05) is 17.7 Å². The van der Waals surface area contributed by atoms with Crippen molar-refractivity contribution in [2.45, 2.75) is 13.3 Å². The molecule has 1 N–H and O–H groups in total. The number of nitro benzene ring substituents is 1. The van der Waals surface area contributed by atoms with Crippen molar-refractivity contribution in [1.29, 1.82) is 0 Å². The number of carbonyl (C=O) groups excluding carboxylic acids is 3. The molecule has 0 saturated carbocycles. The van der Waals surface area contributed by atoms with Crippen molar-refractivity contribution in [2.24, 2.45) is 0 Å². The number of rotatable bonds is 5. The summed E-state index contributed by atoms with van der Waals surface area (Å²) in [7, 11) is 0. The Morgan fingerprint density at radius 3 is 2.45 bits per heavy atom. The second-order valence-electron chi connectivity index (χ2n) is 7.10. The molecule has 166 valence electrons. The van der Waals surface area contributed by atoms with Gasteiger partial charge in [-0.25, -0.2) is 9.69 Å². The topological polar surface area (TPSA) is 123 Å². The van der Waals surface area contributed by atoms with Gasteiger partial charge in [-0.2, -0.15) is 0 Å². The number of amides is 4. The second kappa shape index (κ2) is 8.71. The molecule has 9 nitrogen and oxygen atoms in total. The van der Waals surface area contributed by atoms with Crippen LogP contribution in [0.5, 0.6) is 0 Å². The predicted molar refractivity (Wildman–Crippen MR) is 121 cm³/mol. The van der Waals surface area contributed by atoms with Gasteiger partial charge in [-0.3, -0.25) is 25.0 Å². The Morgan fingerprint density at radius 1 is 1.09 bits per heavy atom. The fourth-order valence-corrected chi connectivity index (χ4v) is 3.58. The van der Waals surface area contributed by atoms with Crippen molar-refractivity contribution < 1.29 is 23.7 Å². The molecular formula is C23H16ClN3O6. The zero-order valence-electron chi connectivity index (χ0n) is 17.2. The van der Waals surface area contributed by atoms with Crippen molar-refractivity contribution in [1.82, 2.24) is 5.32 Å². The Bertz CT molecular complexity index is 1330. The first-order valence-corrected chi connectivity index (χ1v) is 10.2. The van der Waals surface area contributed by atoms with E-state index in [0.717, 1.165) is 16.9 Å². The standard InChI is InChI=1S/C23H16ClN3O6/c1-2-13-3-5-14(6-4-13)26-22(29)18(21(28)25-23(26)30)12-16-8-10-20(33-16)17-9-7-15(27(31)32)11-19(17)24/h3-12H,2H2,1H3,(H,25,28,30)/b18-12-. The number of benzene rings is 2. The third-order valence-electron chi connectivity index (χ3n) is 5.05. The number of hydrogen-bond donors (Lipinski definition) is 1. The highest BCUT2D eigenvalue weighted by molar-refractivity contribution is 6.39. The summed E-state index contributed by atoms with van der Waals surface area (Å²) in [5, 5.41) is 13.2. The molecular weight excluding hydrogens is 450 g/mol. The van der Waals surface area contributed by atoms with Crippen LogP contribution in [0.2, 0.25) is 5.02 Å². The molecule has 0 bridgehead atoms. The zero-order chi connectivity index (χ0) is 23.7. The molecule has 1 saturated heterocycles. The van der Waals surface area contributed by atoms with Gasteiger partial charge in [0.25, 0.3) is 17.5 Å². The third-order valence-corrected chi connectivity index (χ3v) is 5.36. The third kappa shape index (κ3) is 4.26. The number of furan rings is 1. The number of imide groups is 2. The van der Waals surface area contributed by atoms with Crippen molar-refractivity contribution >= 4 is 46.9 Å². The molecule has 1 fully saturated rings. The quantitative estimate of drug-likeness (QED) is 0.251. The monoisotopic (exact) mass is 465 g/mol. The number of barbiturate groups is 1. The maximum absolute atomic E-state index is 13.0. The van der Waals surface area contributed by atoms with Crippen molar-refractivity contribution in [3.8, 4) is 11.3 Å². The Kier molecular flexibility index (Phi) is 5.80. The maximum atomic E-state index is 13.0. The van der Waals surface area contributed by atoms with Gasteiger partial charge in [-0.05, 0) is 48.4 Å². The predicted octanol–water partition coefficient (Wildman–Crippen LogP) is 4.74. The van der Waals surface area contributed by atoms with Crippen LogP contribution in [0.1, 0.15) is 18.2 Å². The Balaban J connectivity index is 1.65. The number of nitrogens with one attached hydrogen (secondary N) is 1. The molecule has 2 aromatic carbocycles. The maximum Gasteiger partial charge on any atom is 0.335 e. The summed E-state index contributed by atoms with van der Waals surface area (Å²) in [5.74, 6) is -1.20. The number of urea groups is 1. The fraction of sp³-hybridized carbons (Fsp3) is 0.0870. The van der Waals surface area contributed by atoms with E-state index in [9.17, 15) is 24.5 Å². The lowest BCUT2D eigenvalue weighted by Gasteiger charge is -2.26. The van der Waals surface area contributed by atoms with Crippen LogP contribution in [0.15, 0.2) is 64.6 Å². The van der Waals surface area contributed by atoms with Gasteiger partial charge in [0.1, 0.15) is 17.1 Å². The lowest BCUT2D eigenvalue weighted by atomic mass is 10.1. The summed E-state index contributed by atoms with van der Waals surface area (Å²) in [4.78, 5) is 48.9. The zero-order valence-corrected chi connectivity index (χ0v) is 18.0. The summed E-state index contributed by atoms with van der Waals surface area (Å²) in [5.41, 5.74) is 1.30. The number of halogens is 1. The van der Waals surface area contributed by atoms with Crippen molar-refractivity contribution in [3.05, 3.63) is 86.6 Å². The van der Waals surface area contributed by atoms with E-state index in [1.807, 2.05) is 6.92 Å². The summed E-state index contributed by atoms with van der Waals surface area (Å²) in [6.07, 6.45) is 2.02. The normalized spacial score (nSPS) is 15.2. The molecule has 0 radical (unpaired) electrons. The van der Waals surface area contributed by atoms with Crippen molar-refractivity contribution in [3.63, 3.8) is 0 Å². The van der Waals surface area contributed by atoms with E-state index in [4.69, 9.17) is 16.0 Å². The number of nitrogens with zero attached hydrogens (tertiary/aromatic N) is 2. The Labute approximate surface area is 192 Å². The minimum Gasteiger partial charge on any atom is -0.457 e. The van der Waals surface area contributed by atoms with E-state index < -0.39 is 22.8 Å². The van der Waals surface area contributed by atoms with E-state index in [1.54, 1.807) is 30.3 Å². The van der Waals surface area contributed by atoms with Gasteiger partial charge in [0.2, 0.25) is 0 Å². The molecule has 0 spiro atoms. The first kappa shape index (κ1) is 22.0. The molecule has 4 rings (SSSR count). The SMILES string of the molecule is CCc1ccc(N2C(=O)NC(=O)/C(=C/c3ccc(-c4ccc([N+](=O)[O-])cc4Cl)o3)C2=O)cc1.